The number of halogens is 1. The van der Waals surface area contributed by atoms with E-state index in [1.165, 1.54) is 0 Å². The lowest BCUT2D eigenvalue weighted by atomic mass is 10.0. The van der Waals surface area contributed by atoms with Crippen LogP contribution in [0.15, 0.2) is 0 Å². The second kappa shape index (κ2) is 3.05. The van der Waals surface area contributed by atoms with Gasteiger partial charge >= 0.3 is 0 Å². The van der Waals surface area contributed by atoms with Crippen molar-refractivity contribution in [3.05, 3.63) is 0 Å². The summed E-state index contributed by atoms with van der Waals surface area (Å²) in [6.45, 7) is 3.83. The minimum Gasteiger partial charge on any atom is -0.229 e. The summed E-state index contributed by atoms with van der Waals surface area (Å²) in [4.78, 5) is 0.315. The monoisotopic (exact) mass is 240 g/mol. The average Bonchev–Trinajstić information content (AvgIpc) is 2.09. The molecule has 0 aromatic rings. The van der Waals surface area contributed by atoms with Crippen molar-refractivity contribution in [3.63, 3.8) is 0 Å². The molecule has 3 atom stereocenters. The number of alkyl halides is 1. The zero-order valence-electron chi connectivity index (χ0n) is 6.75. The van der Waals surface area contributed by atoms with Crippen LogP contribution < -0.4 is 0 Å². The highest BCUT2D eigenvalue weighted by molar-refractivity contribution is 9.09. The van der Waals surface area contributed by atoms with E-state index in [0.29, 0.717) is 16.5 Å². The quantitative estimate of drug-likeness (QED) is 0.653. The fourth-order valence-electron chi connectivity index (χ4n) is 1.59. The van der Waals surface area contributed by atoms with Gasteiger partial charge < -0.3 is 0 Å². The first kappa shape index (κ1) is 9.52. The average molecular weight is 241 g/mol. The van der Waals surface area contributed by atoms with Crippen LogP contribution in [0.25, 0.3) is 0 Å². The number of hydrogen-bond acceptors (Lipinski definition) is 2. The Hall–Kier alpha value is 0.430. The molecule has 1 fully saturated rings. The van der Waals surface area contributed by atoms with Crippen molar-refractivity contribution in [2.45, 2.75) is 30.3 Å². The molecule has 0 amide bonds. The third-order valence-electron chi connectivity index (χ3n) is 2.50. The number of sulfone groups is 1. The summed E-state index contributed by atoms with van der Waals surface area (Å²) < 4.78 is 22.5. The Morgan fingerprint density at radius 1 is 1.55 bits per heavy atom. The molecule has 1 saturated heterocycles. The normalized spacial score (nSPS) is 38.8. The van der Waals surface area contributed by atoms with E-state index in [1.807, 2.05) is 13.8 Å². The Morgan fingerprint density at radius 2 is 2.09 bits per heavy atom. The van der Waals surface area contributed by atoms with Gasteiger partial charge in [-0.3, -0.25) is 0 Å². The first-order valence-corrected chi connectivity index (χ1v) is 6.44. The number of rotatable bonds is 1. The Morgan fingerprint density at radius 3 is 2.27 bits per heavy atom. The largest absolute Gasteiger partial charge is 0.229 e. The summed E-state index contributed by atoms with van der Waals surface area (Å²) in [7, 11) is -2.75. The van der Waals surface area contributed by atoms with Crippen molar-refractivity contribution in [2.24, 2.45) is 5.92 Å². The Labute approximate surface area is 76.4 Å². The molecule has 1 aliphatic rings. The van der Waals surface area contributed by atoms with E-state index in [0.717, 1.165) is 6.42 Å². The smallest absolute Gasteiger partial charge is 0.153 e. The molecular formula is C7H13BrO2S. The van der Waals surface area contributed by atoms with Crippen LogP contribution in [0.5, 0.6) is 0 Å². The lowest BCUT2D eigenvalue weighted by molar-refractivity contribution is 0.520. The molecule has 0 aromatic carbocycles. The first-order valence-electron chi connectivity index (χ1n) is 3.81. The van der Waals surface area contributed by atoms with E-state index in [2.05, 4.69) is 15.9 Å². The van der Waals surface area contributed by atoms with Crippen molar-refractivity contribution < 1.29 is 8.42 Å². The molecule has 2 nitrogen and oxygen atoms in total. The van der Waals surface area contributed by atoms with Crippen LogP contribution in [0.1, 0.15) is 20.3 Å². The molecule has 4 heteroatoms. The van der Waals surface area contributed by atoms with E-state index in [4.69, 9.17) is 0 Å². The van der Waals surface area contributed by atoms with Crippen LogP contribution in [0.2, 0.25) is 0 Å². The maximum atomic E-state index is 11.3. The fourth-order valence-corrected chi connectivity index (χ4v) is 4.39. The van der Waals surface area contributed by atoms with Crippen LogP contribution in [0.3, 0.4) is 0 Å². The van der Waals surface area contributed by atoms with Crippen molar-refractivity contribution in [1.82, 2.24) is 0 Å². The summed E-state index contributed by atoms with van der Waals surface area (Å²) in [5.41, 5.74) is 0. The van der Waals surface area contributed by atoms with E-state index in [1.54, 1.807) is 0 Å². The summed E-state index contributed by atoms with van der Waals surface area (Å²) in [5.74, 6) is 0.675. The van der Waals surface area contributed by atoms with Crippen LogP contribution in [-0.4, -0.2) is 24.2 Å². The number of hydrogen-bond donors (Lipinski definition) is 0. The van der Waals surface area contributed by atoms with Gasteiger partial charge in [0.1, 0.15) is 0 Å². The molecule has 11 heavy (non-hydrogen) atoms. The van der Waals surface area contributed by atoms with E-state index in [-0.39, 0.29) is 5.25 Å². The van der Waals surface area contributed by atoms with E-state index < -0.39 is 9.84 Å². The lowest BCUT2D eigenvalue weighted by Gasteiger charge is -2.15. The van der Waals surface area contributed by atoms with Crippen LogP contribution >= 0.6 is 15.9 Å². The molecule has 0 radical (unpaired) electrons. The van der Waals surface area contributed by atoms with Crippen molar-refractivity contribution in [2.75, 3.05) is 5.75 Å². The van der Waals surface area contributed by atoms with Gasteiger partial charge in [0.2, 0.25) is 0 Å². The van der Waals surface area contributed by atoms with Gasteiger partial charge in [0.25, 0.3) is 0 Å². The molecule has 0 aromatic heterocycles. The maximum Gasteiger partial charge on any atom is 0.153 e. The van der Waals surface area contributed by atoms with Gasteiger partial charge in [-0.25, -0.2) is 8.42 Å². The summed E-state index contributed by atoms with van der Waals surface area (Å²) in [6.07, 6.45) is 0.815. The molecular weight excluding hydrogens is 228 g/mol. The summed E-state index contributed by atoms with van der Waals surface area (Å²) >= 11 is 3.43. The molecule has 66 valence electrons. The predicted octanol–water partition coefficient (Wildman–Crippen LogP) is 1.59. The van der Waals surface area contributed by atoms with E-state index in [9.17, 15) is 8.42 Å². The first-order chi connectivity index (χ1) is 4.95. The van der Waals surface area contributed by atoms with Crippen molar-refractivity contribution >= 4 is 25.8 Å². The van der Waals surface area contributed by atoms with Crippen LogP contribution in [0, 0.1) is 5.92 Å². The minimum atomic E-state index is -2.75. The molecule has 0 aliphatic carbocycles. The lowest BCUT2D eigenvalue weighted by Crippen LogP contribution is -2.23. The van der Waals surface area contributed by atoms with Crippen LogP contribution in [0.4, 0.5) is 0 Å². The minimum absolute atomic E-state index is 0.156. The van der Waals surface area contributed by atoms with Crippen molar-refractivity contribution in [1.29, 1.82) is 0 Å². The highest BCUT2D eigenvalue weighted by Crippen LogP contribution is 2.32. The molecule has 3 unspecified atom stereocenters. The molecule has 0 saturated carbocycles. The highest BCUT2D eigenvalue weighted by Gasteiger charge is 2.38. The van der Waals surface area contributed by atoms with Crippen LogP contribution in [-0.2, 0) is 9.84 Å². The topological polar surface area (TPSA) is 34.1 Å². The zero-order valence-corrected chi connectivity index (χ0v) is 9.15. The molecule has 0 bridgehead atoms. The maximum absolute atomic E-state index is 11.3. The van der Waals surface area contributed by atoms with Gasteiger partial charge in [-0.05, 0) is 19.3 Å². The second-order valence-corrected chi connectivity index (χ2v) is 7.12. The summed E-state index contributed by atoms with van der Waals surface area (Å²) in [5, 5.41) is -0.156. The Kier molecular flexibility index (Phi) is 2.64. The van der Waals surface area contributed by atoms with Crippen molar-refractivity contribution in [3.8, 4) is 0 Å². The predicted molar refractivity (Wildman–Crippen MR) is 49.7 cm³/mol. The molecule has 1 rings (SSSR count). The van der Waals surface area contributed by atoms with E-state index >= 15 is 0 Å². The standard InChI is InChI=1S/C7H13BrO2S/c1-5(8)7-3-4-11(9,10)6(7)2/h5-7H,3-4H2,1-2H3. The fraction of sp³-hybridized carbons (Fsp3) is 1.00. The Balaban J connectivity index is 2.79. The highest BCUT2D eigenvalue weighted by atomic mass is 79.9. The zero-order chi connectivity index (χ0) is 8.65. The van der Waals surface area contributed by atoms with Gasteiger partial charge in [-0.2, -0.15) is 0 Å². The molecule has 1 heterocycles. The summed E-state index contributed by atoms with van der Waals surface area (Å²) in [6, 6.07) is 0. The SMILES string of the molecule is CC(Br)C1CCS(=O)(=O)C1C. The van der Waals surface area contributed by atoms with Gasteiger partial charge in [0.15, 0.2) is 9.84 Å². The van der Waals surface area contributed by atoms with Gasteiger partial charge in [0, 0.05) is 4.83 Å². The van der Waals surface area contributed by atoms with Gasteiger partial charge in [-0.1, -0.05) is 22.9 Å². The third-order valence-corrected chi connectivity index (χ3v) is 5.46. The van der Waals surface area contributed by atoms with Gasteiger partial charge in [0.05, 0.1) is 11.0 Å². The molecule has 1 aliphatic heterocycles. The Bertz CT molecular complexity index is 233. The third kappa shape index (κ3) is 1.78. The molecule has 0 N–H and O–H groups in total. The van der Waals surface area contributed by atoms with Gasteiger partial charge in [-0.15, -0.1) is 0 Å². The molecule has 0 spiro atoms. The second-order valence-electron chi connectivity index (χ2n) is 3.20.